The van der Waals surface area contributed by atoms with Crippen LogP contribution in [0.25, 0.3) is 0 Å². The van der Waals surface area contributed by atoms with Gasteiger partial charge >= 0.3 is 0 Å². The van der Waals surface area contributed by atoms with Gasteiger partial charge in [-0.1, -0.05) is 91.5 Å². The highest BCUT2D eigenvalue weighted by Gasteiger charge is 2.51. The molecule has 3 aliphatic carbocycles. The summed E-state index contributed by atoms with van der Waals surface area (Å²) in [6, 6.07) is 0. The molecule has 0 radical (unpaired) electrons. The molecule has 0 heterocycles. The lowest BCUT2D eigenvalue weighted by Crippen LogP contribution is -2.50. The van der Waals surface area contributed by atoms with E-state index in [4.69, 9.17) is 8.85 Å². The van der Waals surface area contributed by atoms with Crippen LogP contribution in [0.4, 0.5) is 0 Å². The molecule has 0 aromatic rings. The van der Waals surface area contributed by atoms with Gasteiger partial charge in [0.05, 0.1) is 17.8 Å². The van der Waals surface area contributed by atoms with Crippen molar-refractivity contribution in [3.05, 3.63) is 34.9 Å². The van der Waals surface area contributed by atoms with E-state index in [1.54, 1.807) is 11.6 Å². The molecule has 1 N–H and O–H groups in total. The van der Waals surface area contributed by atoms with Crippen LogP contribution in [0.3, 0.4) is 0 Å². The topological polar surface area (TPSA) is 55.8 Å². The van der Waals surface area contributed by atoms with E-state index in [1.807, 2.05) is 13.8 Å². The molecule has 46 heavy (non-hydrogen) atoms. The Hall–Kier alpha value is -0.796. The van der Waals surface area contributed by atoms with E-state index in [0.29, 0.717) is 17.3 Å². The van der Waals surface area contributed by atoms with Crippen molar-refractivity contribution >= 4 is 22.9 Å². The summed E-state index contributed by atoms with van der Waals surface area (Å²) in [7, 11) is -4.19. The summed E-state index contributed by atoms with van der Waals surface area (Å²) in [5.74, 6) is 2.11. The van der Waals surface area contributed by atoms with Crippen LogP contribution in [0.15, 0.2) is 34.9 Å². The molecule has 4 nitrogen and oxygen atoms in total. The molecule has 6 atom stereocenters. The highest BCUT2D eigenvalue weighted by atomic mass is 28.4. The van der Waals surface area contributed by atoms with Gasteiger partial charge in [-0.3, -0.25) is 4.79 Å². The second-order valence-electron chi connectivity index (χ2n) is 19.3. The molecule has 3 aliphatic rings. The highest BCUT2D eigenvalue weighted by Crippen LogP contribution is 2.60. The van der Waals surface area contributed by atoms with E-state index >= 15 is 0 Å². The van der Waals surface area contributed by atoms with Crippen LogP contribution in [-0.2, 0) is 13.6 Å². The third-order valence-corrected chi connectivity index (χ3v) is 22.1. The monoisotopic (exact) mass is 672 g/mol. The number of allylic oxidation sites excluding steroid dienone is 4. The summed E-state index contributed by atoms with van der Waals surface area (Å²) >= 11 is 0. The van der Waals surface area contributed by atoms with Gasteiger partial charge in [0, 0.05) is 0 Å². The SMILES string of the molecule is C[C@@H](CCCC(C)(C)O)C1CCC2/C(=C/C=C3C[C@@H](O[Si](C)(C)C(C)(C)C)C(=CC=O)[C@H](O[Si](C)(C)C(C)(C)C)C3)CCCC21C. The first-order valence-electron chi connectivity index (χ1n) is 18.5. The summed E-state index contributed by atoms with van der Waals surface area (Å²) in [5.41, 5.74) is 3.88. The average Bonchev–Trinajstić information content (AvgIpc) is 3.24. The van der Waals surface area contributed by atoms with Gasteiger partial charge in [-0.15, -0.1) is 0 Å². The number of hydrogen-bond donors (Lipinski definition) is 1. The third kappa shape index (κ3) is 9.46. The summed E-state index contributed by atoms with van der Waals surface area (Å²) in [4.78, 5) is 12.0. The standard InChI is InChI=1S/C40H72O4Si2/c1-29(17-15-24-39(8,9)42)33-21-22-34-31(18-16-25-40(33,34)10)20-19-30-27-35(43-45(11,12)37(2,3)4)32(23-26-41)36(28-30)44-46(13,14)38(5,6)7/h19-20,23,26,29,33-36,42H,15-18,21-22,24-25,27-28H2,1-14H3/b30-19?,31-20+,32-23?/t29-,33?,34?,35+,36+,40?/m0/s1. The molecule has 264 valence electrons. The first-order chi connectivity index (χ1) is 20.9. The first kappa shape index (κ1) is 39.6. The third-order valence-electron chi connectivity index (χ3n) is 13.1. The fourth-order valence-corrected chi connectivity index (χ4v) is 10.8. The van der Waals surface area contributed by atoms with Crippen molar-refractivity contribution in [2.24, 2.45) is 23.2 Å². The molecule has 3 saturated carbocycles. The summed E-state index contributed by atoms with van der Waals surface area (Å²) in [6.45, 7) is 32.0. The maximum atomic E-state index is 12.0. The Kier molecular flexibility index (Phi) is 12.6. The summed E-state index contributed by atoms with van der Waals surface area (Å²) < 4.78 is 14.2. The van der Waals surface area contributed by atoms with E-state index in [1.165, 1.54) is 44.1 Å². The van der Waals surface area contributed by atoms with Crippen molar-refractivity contribution in [1.82, 2.24) is 0 Å². The molecule has 3 unspecified atom stereocenters. The van der Waals surface area contributed by atoms with Crippen LogP contribution in [0, 0.1) is 23.2 Å². The second-order valence-corrected chi connectivity index (χ2v) is 28.8. The predicted octanol–water partition coefficient (Wildman–Crippen LogP) is 11.3. The molecule has 6 heteroatoms. The summed E-state index contributed by atoms with van der Waals surface area (Å²) in [5, 5.41) is 10.4. The Labute approximate surface area is 286 Å². The van der Waals surface area contributed by atoms with Gasteiger partial charge in [-0.2, -0.15) is 0 Å². The van der Waals surface area contributed by atoms with Crippen LogP contribution in [0.1, 0.15) is 133 Å². The van der Waals surface area contributed by atoms with Gasteiger partial charge in [-0.25, -0.2) is 0 Å². The average molecular weight is 673 g/mol. The van der Waals surface area contributed by atoms with Crippen molar-refractivity contribution in [3.63, 3.8) is 0 Å². The Balaban J connectivity index is 1.92. The van der Waals surface area contributed by atoms with Crippen molar-refractivity contribution in [3.8, 4) is 0 Å². The van der Waals surface area contributed by atoms with Crippen LogP contribution in [-0.4, -0.2) is 45.8 Å². The number of hydrogen-bond acceptors (Lipinski definition) is 4. The minimum absolute atomic E-state index is 0.0788. The number of carbonyl (C=O) groups is 1. The zero-order chi connectivity index (χ0) is 34.9. The smallest absolute Gasteiger partial charge is 0.192 e. The zero-order valence-electron chi connectivity index (χ0n) is 32.4. The molecule has 0 bridgehead atoms. The van der Waals surface area contributed by atoms with Gasteiger partial charge < -0.3 is 14.0 Å². The Morgan fingerprint density at radius 2 is 1.43 bits per heavy atom. The van der Waals surface area contributed by atoms with Gasteiger partial charge in [0.1, 0.15) is 6.29 Å². The van der Waals surface area contributed by atoms with E-state index < -0.39 is 22.2 Å². The molecule has 3 rings (SSSR count). The molecule has 3 fully saturated rings. The number of fused-ring (bicyclic) bond motifs is 1. The van der Waals surface area contributed by atoms with Gasteiger partial charge in [-0.05, 0) is 136 Å². The molecule has 0 aromatic carbocycles. The molecule has 0 spiro atoms. The van der Waals surface area contributed by atoms with E-state index in [9.17, 15) is 9.90 Å². The summed E-state index contributed by atoms with van der Waals surface area (Å²) in [6.07, 6.45) is 18.7. The molecule has 0 aliphatic heterocycles. The van der Waals surface area contributed by atoms with E-state index in [-0.39, 0.29) is 22.3 Å². The Morgan fingerprint density at radius 3 is 1.91 bits per heavy atom. The number of rotatable bonds is 11. The number of aliphatic hydroxyl groups is 1. The van der Waals surface area contributed by atoms with Gasteiger partial charge in [0.2, 0.25) is 0 Å². The maximum absolute atomic E-state index is 12.0. The van der Waals surface area contributed by atoms with Crippen LogP contribution in [0.5, 0.6) is 0 Å². The van der Waals surface area contributed by atoms with Crippen molar-refractivity contribution in [2.75, 3.05) is 0 Å². The van der Waals surface area contributed by atoms with Crippen molar-refractivity contribution < 1.29 is 18.8 Å². The van der Waals surface area contributed by atoms with Crippen LogP contribution < -0.4 is 0 Å². The molecular formula is C40H72O4Si2. The van der Waals surface area contributed by atoms with Crippen LogP contribution >= 0.6 is 0 Å². The second kappa shape index (κ2) is 14.6. The van der Waals surface area contributed by atoms with E-state index in [0.717, 1.165) is 43.5 Å². The first-order valence-corrected chi connectivity index (χ1v) is 24.4. The zero-order valence-corrected chi connectivity index (χ0v) is 34.4. The maximum Gasteiger partial charge on any atom is 0.192 e. The van der Waals surface area contributed by atoms with Crippen molar-refractivity contribution in [2.45, 2.75) is 188 Å². The quantitative estimate of drug-likeness (QED) is 0.135. The largest absolute Gasteiger partial charge is 0.410 e. The minimum Gasteiger partial charge on any atom is -0.410 e. The molecular weight excluding hydrogens is 601 g/mol. The lowest BCUT2D eigenvalue weighted by Gasteiger charge is -2.46. The lowest BCUT2D eigenvalue weighted by molar-refractivity contribution is -0.104. The predicted molar refractivity (Wildman–Crippen MR) is 201 cm³/mol. The molecule has 0 saturated heterocycles. The fourth-order valence-electron chi connectivity index (χ4n) is 8.21. The van der Waals surface area contributed by atoms with Gasteiger partial charge in [0.15, 0.2) is 16.6 Å². The molecule has 0 amide bonds. The Bertz CT molecular complexity index is 1100. The minimum atomic E-state index is -2.10. The Morgan fingerprint density at radius 1 is 0.891 bits per heavy atom. The lowest BCUT2D eigenvalue weighted by atomic mass is 9.60. The number of carbonyl (C=O) groups excluding carboxylic acids is 1. The van der Waals surface area contributed by atoms with Crippen LogP contribution in [0.2, 0.25) is 36.3 Å². The normalized spacial score (nSPS) is 29.9. The number of aldehydes is 1. The van der Waals surface area contributed by atoms with Gasteiger partial charge in [0.25, 0.3) is 0 Å². The fraction of sp³-hybridized carbons (Fsp3) is 0.825. The van der Waals surface area contributed by atoms with Crippen molar-refractivity contribution in [1.29, 1.82) is 0 Å². The molecule has 0 aromatic heterocycles. The van der Waals surface area contributed by atoms with E-state index in [2.05, 4.69) is 93.7 Å². The highest BCUT2D eigenvalue weighted by molar-refractivity contribution is 6.74.